The number of piperidine rings is 1. The second-order valence-electron chi connectivity index (χ2n) is 8.32. The van der Waals surface area contributed by atoms with Crippen LogP contribution in [0.4, 0.5) is 20.9 Å². The van der Waals surface area contributed by atoms with Gasteiger partial charge in [-0.15, -0.1) is 0 Å². The monoisotopic (exact) mass is 551 g/mol. The molecule has 2 amide bonds. The molecule has 182 valence electrons. The maximum absolute atomic E-state index is 15.1. The quantitative estimate of drug-likeness (QED) is 0.247. The molecule has 2 aromatic rings. The summed E-state index contributed by atoms with van der Waals surface area (Å²) in [5.41, 5.74) is 11.6. The minimum absolute atomic E-state index is 0.0807. The molecule has 0 spiro atoms. The van der Waals surface area contributed by atoms with Gasteiger partial charge in [0.2, 0.25) is 0 Å². The molecule has 34 heavy (non-hydrogen) atoms. The number of nitrogens with two attached hydrogens (primary N) is 2. The van der Waals surface area contributed by atoms with Crippen LogP contribution in [0.3, 0.4) is 0 Å². The third kappa shape index (κ3) is 4.89. The Hall–Kier alpha value is -2.69. The number of anilines is 3. The third-order valence-electron chi connectivity index (χ3n) is 6.25. The Morgan fingerprint density at radius 3 is 2.65 bits per heavy atom. The number of halogens is 1. The summed E-state index contributed by atoms with van der Waals surface area (Å²) in [4.78, 5) is 44.9. The van der Waals surface area contributed by atoms with E-state index in [0.29, 0.717) is 59.9 Å². The van der Waals surface area contributed by atoms with Crippen LogP contribution in [-0.4, -0.2) is 82.4 Å². The average Bonchev–Trinajstić information content (AvgIpc) is 3.29. The molecule has 13 heteroatoms. The summed E-state index contributed by atoms with van der Waals surface area (Å²) in [7, 11) is 1.69. The molecular weight excluding hydrogens is 524 g/mol. The van der Waals surface area contributed by atoms with Gasteiger partial charge in [-0.3, -0.25) is 0 Å². The second kappa shape index (κ2) is 9.89. The minimum atomic E-state index is -1.48. The number of thiazole rings is 1. The summed E-state index contributed by atoms with van der Waals surface area (Å²) < 4.78 is 15.5. The van der Waals surface area contributed by atoms with Crippen LogP contribution in [0.2, 0.25) is 0 Å². The van der Waals surface area contributed by atoms with Crippen LogP contribution < -0.4 is 36.3 Å². The number of hydrogen-bond acceptors (Lipinski definition) is 9. The third-order valence-corrected chi connectivity index (χ3v) is 9.53. The molecule has 3 heterocycles. The molecule has 0 aliphatic carbocycles. The Morgan fingerprint density at radius 1 is 1.26 bits per heavy atom. The number of benzene rings is 1. The van der Waals surface area contributed by atoms with Crippen LogP contribution in [0.15, 0.2) is 17.5 Å². The van der Waals surface area contributed by atoms with Crippen molar-refractivity contribution in [1.82, 2.24) is 15.6 Å². The van der Waals surface area contributed by atoms with Gasteiger partial charge in [-0.25, -0.2) is 0 Å². The van der Waals surface area contributed by atoms with E-state index in [0.717, 1.165) is 0 Å². The van der Waals surface area contributed by atoms with Crippen LogP contribution >= 0.6 is 11.3 Å². The molecule has 1 atom stereocenters. The van der Waals surface area contributed by atoms with Gasteiger partial charge in [-0.1, -0.05) is 0 Å². The van der Waals surface area contributed by atoms with E-state index in [-0.39, 0.29) is 22.7 Å². The van der Waals surface area contributed by atoms with Gasteiger partial charge in [0, 0.05) is 0 Å². The maximum atomic E-state index is 15.1. The average molecular weight is 551 g/mol. The van der Waals surface area contributed by atoms with E-state index in [1.54, 1.807) is 18.5 Å². The van der Waals surface area contributed by atoms with E-state index in [1.807, 2.05) is 9.80 Å². The van der Waals surface area contributed by atoms with E-state index in [1.165, 1.54) is 17.4 Å². The fraction of sp³-hybridized carbons (Fsp3) is 0.429. The van der Waals surface area contributed by atoms with E-state index in [9.17, 15) is 14.4 Å². The molecule has 2 saturated heterocycles. The summed E-state index contributed by atoms with van der Waals surface area (Å²) in [6.07, 6.45) is 0.851. The van der Waals surface area contributed by atoms with Crippen molar-refractivity contribution in [3.8, 4) is 0 Å². The summed E-state index contributed by atoms with van der Waals surface area (Å²) in [5, 5.41) is 8.08. The number of carbonyl (C=O) groups excluding carboxylic acids is 3. The molecular formula is C21H27AsFN7O3S. The Labute approximate surface area is 206 Å². The van der Waals surface area contributed by atoms with Crippen molar-refractivity contribution in [3.63, 3.8) is 0 Å². The van der Waals surface area contributed by atoms with Gasteiger partial charge < -0.3 is 0 Å². The molecule has 2 aliphatic rings. The number of nitrogens with zero attached hydrogens (tertiary/aromatic N) is 3. The van der Waals surface area contributed by atoms with Crippen molar-refractivity contribution in [2.45, 2.75) is 18.4 Å². The Morgan fingerprint density at radius 2 is 2.00 bits per heavy atom. The van der Waals surface area contributed by atoms with Crippen molar-refractivity contribution in [3.05, 3.63) is 29.0 Å². The number of nitrogens with one attached hydrogen (secondary N) is 2. The first-order valence-corrected chi connectivity index (χ1v) is 13.8. The summed E-state index contributed by atoms with van der Waals surface area (Å²) >= 11 is -0.167. The van der Waals surface area contributed by atoms with Gasteiger partial charge in [-0.2, -0.15) is 0 Å². The van der Waals surface area contributed by atoms with E-state index < -0.39 is 33.0 Å². The summed E-state index contributed by atoms with van der Waals surface area (Å²) in [5.74, 6) is -0.995. The molecule has 10 nitrogen and oxygen atoms in total. The van der Waals surface area contributed by atoms with Crippen molar-refractivity contribution in [1.29, 1.82) is 0 Å². The van der Waals surface area contributed by atoms with Crippen LogP contribution in [0.5, 0.6) is 0 Å². The Balaban J connectivity index is 1.53. The first-order valence-electron chi connectivity index (χ1n) is 10.8. The first-order chi connectivity index (χ1) is 16.2. The van der Waals surface area contributed by atoms with Gasteiger partial charge in [0.25, 0.3) is 0 Å². The predicted molar refractivity (Wildman–Crippen MR) is 132 cm³/mol. The fourth-order valence-corrected chi connectivity index (χ4v) is 7.71. The van der Waals surface area contributed by atoms with Gasteiger partial charge in [-0.05, 0) is 0 Å². The molecule has 1 aromatic carbocycles. The zero-order valence-corrected chi connectivity index (χ0v) is 21.6. The molecule has 1 unspecified atom stereocenters. The standard InChI is InChI=1S/C21H27AsFN7O3S/c1-26-21(19(25)33)2-5-29(6-3-21)17-13(8-12(24)9-14(17)23)22-18(32)15-11-34-20(28-15)30-7-4-27-16(31)10-30/h8-9,11,22,26H,2-7,10,24H2,1H3,(H2,25,33)(H,27,31). The van der Waals surface area contributed by atoms with Crippen molar-refractivity contribution >= 4 is 64.3 Å². The first kappa shape index (κ1) is 24.4. The molecule has 1 aromatic heterocycles. The molecule has 4 rings (SSSR count). The topological polar surface area (TPSA) is 147 Å². The number of carbonyl (C=O) groups is 3. The number of rotatable bonds is 7. The van der Waals surface area contributed by atoms with E-state index in [2.05, 4.69) is 15.6 Å². The fourth-order valence-electron chi connectivity index (χ4n) is 4.27. The molecule has 6 N–H and O–H groups in total. The molecule has 2 aliphatic heterocycles. The Bertz CT molecular complexity index is 1120. The van der Waals surface area contributed by atoms with E-state index >= 15 is 4.39 Å². The van der Waals surface area contributed by atoms with Crippen LogP contribution in [0.1, 0.15) is 23.3 Å². The van der Waals surface area contributed by atoms with Gasteiger partial charge in [0.1, 0.15) is 0 Å². The van der Waals surface area contributed by atoms with Crippen LogP contribution in [0, 0.1) is 5.82 Å². The van der Waals surface area contributed by atoms with E-state index in [4.69, 9.17) is 11.5 Å². The van der Waals surface area contributed by atoms with Crippen LogP contribution in [-0.2, 0) is 9.59 Å². The number of aromatic nitrogens is 1. The van der Waals surface area contributed by atoms with Gasteiger partial charge in [0.05, 0.1) is 0 Å². The van der Waals surface area contributed by atoms with Crippen LogP contribution in [0.25, 0.3) is 0 Å². The predicted octanol–water partition coefficient (Wildman–Crippen LogP) is -1.25. The number of hydrogen-bond donors (Lipinski definition) is 4. The SMILES string of the molecule is CNC1(C(N)=O)CCN(c2c(F)cc(N)cc2[AsH]C(=O)c2csc(N3CCNC(=O)C3)n2)CC1. The number of nitrogen functional groups attached to an aromatic ring is 1. The zero-order valence-electron chi connectivity index (χ0n) is 18.7. The van der Waals surface area contributed by atoms with Gasteiger partial charge >= 0.3 is 207 Å². The molecule has 0 bridgehead atoms. The van der Waals surface area contributed by atoms with Gasteiger partial charge in [0.15, 0.2) is 0 Å². The molecule has 0 saturated carbocycles. The number of piperazine rings is 1. The Kier molecular flexibility index (Phi) is 7.11. The van der Waals surface area contributed by atoms with Crippen molar-refractivity contribution in [2.75, 3.05) is 55.3 Å². The number of amides is 2. The molecule has 0 radical (unpaired) electrons. The zero-order chi connectivity index (χ0) is 24.5. The van der Waals surface area contributed by atoms with Crippen molar-refractivity contribution < 1.29 is 18.8 Å². The summed E-state index contributed by atoms with van der Waals surface area (Å²) in [6, 6.07) is 2.92. The number of likely N-dealkylation sites (N-methyl/N-ethyl adjacent to an activating group) is 1. The summed E-state index contributed by atoms with van der Waals surface area (Å²) in [6.45, 7) is 2.19. The second-order valence-corrected chi connectivity index (χ2v) is 11.8. The van der Waals surface area contributed by atoms with Crippen molar-refractivity contribution in [2.24, 2.45) is 5.73 Å². The normalized spacial score (nSPS) is 18.4. The molecule has 2 fully saturated rings. The number of primary amides is 1.